The van der Waals surface area contributed by atoms with Crippen molar-refractivity contribution in [3.8, 4) is 0 Å². The fourth-order valence-electron chi connectivity index (χ4n) is 4.49. The first-order valence-electron chi connectivity index (χ1n) is 10.2. The Morgan fingerprint density at radius 1 is 1.06 bits per heavy atom. The SMILES string of the molecule is O=C1[C@@H]2CC=CC[C@H]2C(=O)N1CC(=O)N1N=C(c2ccc(Cl)cc2)C[C@H]1c1ccco1. The van der Waals surface area contributed by atoms with Crippen LogP contribution in [0.2, 0.25) is 5.02 Å². The van der Waals surface area contributed by atoms with Crippen molar-refractivity contribution >= 4 is 35.0 Å². The molecule has 3 amide bonds. The minimum atomic E-state index is -0.440. The molecule has 1 saturated heterocycles. The lowest BCUT2D eigenvalue weighted by Gasteiger charge is -2.22. The summed E-state index contributed by atoms with van der Waals surface area (Å²) in [5.41, 5.74) is 1.56. The van der Waals surface area contributed by atoms with Crippen LogP contribution < -0.4 is 0 Å². The van der Waals surface area contributed by atoms with E-state index in [4.69, 9.17) is 16.0 Å². The number of allylic oxidation sites excluding steroid dienone is 2. The number of fused-ring (bicyclic) bond motifs is 1. The lowest BCUT2D eigenvalue weighted by molar-refractivity contribution is -0.147. The summed E-state index contributed by atoms with van der Waals surface area (Å²) in [5.74, 6) is -1.10. The third-order valence-corrected chi connectivity index (χ3v) is 6.36. The van der Waals surface area contributed by atoms with Crippen molar-refractivity contribution in [1.29, 1.82) is 0 Å². The minimum absolute atomic E-state index is 0.275. The molecule has 7 nitrogen and oxygen atoms in total. The van der Waals surface area contributed by atoms with Gasteiger partial charge in [0.05, 0.1) is 23.8 Å². The van der Waals surface area contributed by atoms with Gasteiger partial charge in [0, 0.05) is 11.4 Å². The number of rotatable bonds is 4. The average molecular weight is 438 g/mol. The average Bonchev–Trinajstić information content (AvgIpc) is 3.51. The van der Waals surface area contributed by atoms with E-state index in [1.54, 1.807) is 30.5 Å². The highest BCUT2D eigenvalue weighted by Gasteiger charge is 2.48. The van der Waals surface area contributed by atoms with Crippen molar-refractivity contribution in [3.63, 3.8) is 0 Å². The number of nitrogens with zero attached hydrogens (tertiary/aromatic N) is 3. The van der Waals surface area contributed by atoms with Crippen LogP contribution in [0.3, 0.4) is 0 Å². The zero-order valence-corrected chi connectivity index (χ0v) is 17.4. The van der Waals surface area contributed by atoms with E-state index in [1.165, 1.54) is 5.01 Å². The Balaban J connectivity index is 1.40. The van der Waals surface area contributed by atoms with E-state index in [-0.39, 0.29) is 30.2 Å². The van der Waals surface area contributed by atoms with Crippen LogP contribution >= 0.6 is 11.6 Å². The Bertz CT molecular complexity index is 1060. The number of hydrogen-bond donors (Lipinski definition) is 0. The molecular formula is C23H20ClN3O4. The quantitative estimate of drug-likeness (QED) is 0.540. The molecule has 1 fully saturated rings. The molecule has 3 aliphatic rings. The number of carbonyl (C=O) groups is 3. The van der Waals surface area contributed by atoms with Gasteiger partial charge in [0.25, 0.3) is 5.91 Å². The first kappa shape index (κ1) is 19.8. The topological polar surface area (TPSA) is 83.2 Å². The summed E-state index contributed by atoms with van der Waals surface area (Å²) in [5, 5.41) is 6.49. The van der Waals surface area contributed by atoms with Gasteiger partial charge in [-0.2, -0.15) is 5.10 Å². The van der Waals surface area contributed by atoms with Gasteiger partial charge in [0.15, 0.2) is 0 Å². The summed E-state index contributed by atoms with van der Waals surface area (Å²) >= 11 is 5.99. The maximum absolute atomic E-state index is 13.2. The zero-order chi connectivity index (χ0) is 21.5. The predicted octanol–water partition coefficient (Wildman–Crippen LogP) is 3.56. The number of hydrogen-bond acceptors (Lipinski definition) is 5. The molecule has 2 aliphatic heterocycles. The third-order valence-electron chi connectivity index (χ3n) is 6.11. The molecule has 158 valence electrons. The largest absolute Gasteiger partial charge is 0.467 e. The van der Waals surface area contributed by atoms with Gasteiger partial charge < -0.3 is 4.42 Å². The number of halogens is 1. The van der Waals surface area contributed by atoms with E-state index >= 15 is 0 Å². The fraction of sp³-hybridized carbons (Fsp3) is 0.304. The minimum Gasteiger partial charge on any atom is -0.467 e. The number of hydrazone groups is 1. The predicted molar refractivity (Wildman–Crippen MR) is 113 cm³/mol. The van der Waals surface area contributed by atoms with Crippen molar-refractivity contribution in [2.45, 2.75) is 25.3 Å². The molecule has 0 unspecified atom stereocenters. The molecule has 0 bridgehead atoms. The molecule has 0 spiro atoms. The normalized spacial score (nSPS) is 25.2. The maximum atomic E-state index is 13.2. The number of amides is 3. The Labute approximate surface area is 183 Å². The maximum Gasteiger partial charge on any atom is 0.263 e. The third kappa shape index (κ3) is 3.49. The second kappa shape index (κ2) is 7.81. The summed E-state index contributed by atoms with van der Waals surface area (Å²) in [7, 11) is 0. The number of furan rings is 1. The van der Waals surface area contributed by atoms with Crippen LogP contribution in [-0.2, 0) is 14.4 Å². The highest BCUT2D eigenvalue weighted by molar-refractivity contribution is 6.30. The van der Waals surface area contributed by atoms with Gasteiger partial charge >= 0.3 is 0 Å². The summed E-state index contributed by atoms with van der Waals surface area (Å²) in [4.78, 5) is 39.8. The van der Waals surface area contributed by atoms with Crippen LogP contribution in [0.1, 0.15) is 36.6 Å². The van der Waals surface area contributed by atoms with Crippen LogP contribution in [0.5, 0.6) is 0 Å². The Morgan fingerprint density at radius 2 is 1.74 bits per heavy atom. The number of benzene rings is 1. The second-order valence-electron chi connectivity index (χ2n) is 7.95. The van der Waals surface area contributed by atoms with Crippen molar-refractivity contribution in [2.75, 3.05) is 6.54 Å². The van der Waals surface area contributed by atoms with E-state index in [0.717, 1.165) is 10.5 Å². The molecule has 2 aromatic rings. The lowest BCUT2D eigenvalue weighted by Crippen LogP contribution is -2.41. The van der Waals surface area contributed by atoms with E-state index in [9.17, 15) is 14.4 Å². The Morgan fingerprint density at radius 3 is 2.35 bits per heavy atom. The van der Waals surface area contributed by atoms with Gasteiger partial charge in [-0.1, -0.05) is 35.9 Å². The van der Waals surface area contributed by atoms with Gasteiger partial charge in [0.1, 0.15) is 18.3 Å². The van der Waals surface area contributed by atoms with Gasteiger partial charge in [-0.05, 0) is 42.7 Å². The summed E-state index contributed by atoms with van der Waals surface area (Å²) < 4.78 is 5.55. The van der Waals surface area contributed by atoms with E-state index in [2.05, 4.69) is 5.10 Å². The van der Waals surface area contributed by atoms with Gasteiger partial charge in [-0.3, -0.25) is 19.3 Å². The molecule has 1 aliphatic carbocycles. The smallest absolute Gasteiger partial charge is 0.263 e. The molecule has 0 radical (unpaired) electrons. The second-order valence-corrected chi connectivity index (χ2v) is 8.38. The van der Waals surface area contributed by atoms with E-state index in [0.29, 0.717) is 35.8 Å². The van der Waals surface area contributed by atoms with Gasteiger partial charge in [-0.25, -0.2) is 5.01 Å². The highest BCUT2D eigenvalue weighted by atomic mass is 35.5. The molecule has 3 heterocycles. The van der Waals surface area contributed by atoms with E-state index < -0.39 is 11.9 Å². The zero-order valence-electron chi connectivity index (χ0n) is 16.6. The summed E-state index contributed by atoms with van der Waals surface area (Å²) in [6.07, 6.45) is 6.93. The number of imide groups is 1. The van der Waals surface area contributed by atoms with Crippen LogP contribution in [0, 0.1) is 11.8 Å². The Hall–Kier alpha value is -3.19. The number of carbonyl (C=O) groups excluding carboxylic acids is 3. The molecule has 0 N–H and O–H groups in total. The first-order chi connectivity index (χ1) is 15.0. The van der Waals surface area contributed by atoms with E-state index in [1.807, 2.05) is 24.3 Å². The molecule has 5 rings (SSSR count). The van der Waals surface area contributed by atoms with Crippen LogP contribution in [0.15, 0.2) is 64.3 Å². The van der Waals surface area contributed by atoms with Crippen molar-refractivity contribution < 1.29 is 18.8 Å². The molecule has 3 atom stereocenters. The standard InChI is InChI=1S/C23H20ClN3O4/c24-15-9-7-14(8-10-15)18-12-19(20-6-3-11-31-20)27(25-18)21(28)13-26-22(29)16-4-1-2-5-17(16)23(26)30/h1-3,6-11,16-17,19H,4-5,12-13H2/t16-,17-,19+/m1/s1. The van der Waals surface area contributed by atoms with Crippen molar-refractivity contribution in [3.05, 3.63) is 71.2 Å². The summed E-state index contributed by atoms with van der Waals surface area (Å²) in [6, 6.07) is 10.3. The monoisotopic (exact) mass is 437 g/mol. The molecule has 1 aromatic carbocycles. The highest BCUT2D eigenvalue weighted by Crippen LogP contribution is 2.37. The molecular weight excluding hydrogens is 418 g/mol. The fourth-order valence-corrected chi connectivity index (χ4v) is 4.62. The molecule has 0 saturated carbocycles. The first-order valence-corrected chi connectivity index (χ1v) is 10.6. The lowest BCUT2D eigenvalue weighted by atomic mass is 9.85. The Kier molecular flexibility index (Phi) is 4.98. The van der Waals surface area contributed by atoms with Crippen LogP contribution in [0.25, 0.3) is 0 Å². The summed E-state index contributed by atoms with van der Waals surface area (Å²) in [6.45, 7) is -0.320. The van der Waals surface area contributed by atoms with Crippen molar-refractivity contribution in [2.24, 2.45) is 16.9 Å². The van der Waals surface area contributed by atoms with Gasteiger partial charge in [-0.15, -0.1) is 0 Å². The van der Waals surface area contributed by atoms with Crippen LogP contribution in [0.4, 0.5) is 0 Å². The molecule has 8 heteroatoms. The van der Waals surface area contributed by atoms with Crippen LogP contribution in [-0.4, -0.2) is 39.9 Å². The number of likely N-dealkylation sites (tertiary alicyclic amines) is 1. The van der Waals surface area contributed by atoms with Crippen molar-refractivity contribution in [1.82, 2.24) is 9.91 Å². The molecule has 1 aromatic heterocycles. The van der Waals surface area contributed by atoms with Gasteiger partial charge in [0.2, 0.25) is 11.8 Å². The molecule has 31 heavy (non-hydrogen) atoms.